The van der Waals surface area contributed by atoms with Crippen LogP contribution in [0.3, 0.4) is 0 Å². The van der Waals surface area contributed by atoms with E-state index in [1.807, 2.05) is 0 Å². The third-order valence-corrected chi connectivity index (χ3v) is 12.4. The van der Waals surface area contributed by atoms with Crippen molar-refractivity contribution in [3.8, 4) is 67.0 Å². The van der Waals surface area contributed by atoms with Crippen molar-refractivity contribution in [3.05, 3.63) is 235 Å². The molecule has 0 fully saturated rings. The molecule has 12 rings (SSSR count). The molecular formula is C56H35N. The first-order chi connectivity index (χ1) is 28.2. The third-order valence-electron chi connectivity index (χ3n) is 12.4. The van der Waals surface area contributed by atoms with E-state index in [0.717, 1.165) is 33.6 Å². The molecule has 1 aromatic heterocycles. The largest absolute Gasteiger partial charge is 0.248 e. The fourth-order valence-electron chi connectivity index (χ4n) is 9.94. The van der Waals surface area contributed by atoms with Gasteiger partial charge in [0, 0.05) is 11.1 Å². The lowest BCUT2D eigenvalue weighted by Crippen LogP contribution is -2.26. The first kappa shape index (κ1) is 31.9. The molecule has 0 aliphatic heterocycles. The van der Waals surface area contributed by atoms with Gasteiger partial charge in [-0.3, -0.25) is 0 Å². The Labute approximate surface area is 332 Å². The Hall–Kier alpha value is -7.35. The predicted molar refractivity (Wildman–Crippen MR) is 237 cm³/mol. The summed E-state index contributed by atoms with van der Waals surface area (Å²) in [4.78, 5) is 5.22. The fraction of sp³-hybridized carbons (Fsp3) is 0.0179. The van der Waals surface area contributed by atoms with Gasteiger partial charge in [-0.05, 0) is 119 Å². The molecule has 0 atom stereocenters. The topological polar surface area (TPSA) is 12.9 Å². The van der Waals surface area contributed by atoms with E-state index in [4.69, 9.17) is 4.98 Å². The molecule has 57 heavy (non-hydrogen) atoms. The average molecular weight is 722 g/mol. The first-order valence-corrected chi connectivity index (χ1v) is 19.8. The molecular weight excluding hydrogens is 687 g/mol. The minimum absolute atomic E-state index is 0.346. The number of rotatable bonds is 5. The molecule has 1 heterocycles. The van der Waals surface area contributed by atoms with Crippen LogP contribution in [-0.2, 0) is 5.41 Å². The van der Waals surface area contributed by atoms with Gasteiger partial charge in [0.2, 0.25) is 0 Å². The molecule has 0 unspecified atom stereocenters. The Morgan fingerprint density at radius 2 is 0.737 bits per heavy atom. The van der Waals surface area contributed by atoms with Crippen LogP contribution in [-0.4, -0.2) is 4.98 Å². The van der Waals surface area contributed by atoms with Gasteiger partial charge in [0.05, 0.1) is 16.8 Å². The second kappa shape index (κ2) is 12.3. The van der Waals surface area contributed by atoms with Crippen LogP contribution in [0.5, 0.6) is 0 Å². The molecule has 10 aromatic rings. The molecule has 1 nitrogen and oxygen atoms in total. The van der Waals surface area contributed by atoms with Crippen molar-refractivity contribution >= 4 is 21.5 Å². The van der Waals surface area contributed by atoms with Crippen LogP contribution < -0.4 is 0 Å². The Bertz CT molecular complexity index is 3110. The van der Waals surface area contributed by atoms with E-state index in [9.17, 15) is 0 Å². The van der Waals surface area contributed by atoms with Gasteiger partial charge in [0.1, 0.15) is 0 Å². The molecule has 264 valence electrons. The van der Waals surface area contributed by atoms with Gasteiger partial charge in [-0.1, -0.05) is 182 Å². The standard InChI is InChI=1S/C56H35N/c1-3-13-36(14-4-1)45-34-52(37-15-5-2-6-16-37)57-53(35-45)44-22-10-21-42(32-44)40-19-9-20-41(31-40)43-29-30-49-47(33-43)46-23-7-8-24-48(46)56(49)50-25-11-17-38-27-28-39-18-12-26-51(56)55(39)54(38)50/h1-35H. The van der Waals surface area contributed by atoms with Crippen LogP contribution in [0.25, 0.3) is 88.6 Å². The summed E-state index contributed by atoms with van der Waals surface area (Å²) in [7, 11) is 0. The van der Waals surface area contributed by atoms with E-state index >= 15 is 0 Å². The van der Waals surface area contributed by atoms with E-state index in [2.05, 4.69) is 212 Å². The van der Waals surface area contributed by atoms with Crippen LogP contribution in [0.1, 0.15) is 22.3 Å². The molecule has 0 N–H and O–H groups in total. The van der Waals surface area contributed by atoms with Gasteiger partial charge in [-0.2, -0.15) is 0 Å². The monoisotopic (exact) mass is 721 g/mol. The van der Waals surface area contributed by atoms with Crippen LogP contribution in [0.2, 0.25) is 0 Å². The Kier molecular flexibility index (Phi) is 6.91. The normalized spacial score (nSPS) is 13.1. The van der Waals surface area contributed by atoms with Gasteiger partial charge in [0.15, 0.2) is 0 Å². The van der Waals surface area contributed by atoms with Gasteiger partial charge < -0.3 is 0 Å². The number of pyridine rings is 1. The van der Waals surface area contributed by atoms with E-state index in [-0.39, 0.29) is 5.41 Å². The maximum absolute atomic E-state index is 5.22. The van der Waals surface area contributed by atoms with Crippen molar-refractivity contribution in [1.82, 2.24) is 4.98 Å². The smallest absolute Gasteiger partial charge is 0.0725 e. The Balaban J connectivity index is 0.966. The minimum Gasteiger partial charge on any atom is -0.248 e. The highest BCUT2D eigenvalue weighted by Gasteiger charge is 2.50. The van der Waals surface area contributed by atoms with Crippen molar-refractivity contribution < 1.29 is 0 Å². The molecule has 1 spiro atoms. The van der Waals surface area contributed by atoms with Crippen LogP contribution in [0.15, 0.2) is 212 Å². The highest BCUT2D eigenvalue weighted by Crippen LogP contribution is 2.62. The molecule has 0 saturated carbocycles. The minimum atomic E-state index is -0.346. The fourth-order valence-corrected chi connectivity index (χ4v) is 9.94. The summed E-state index contributed by atoms with van der Waals surface area (Å²) in [6.07, 6.45) is 0. The lowest BCUT2D eigenvalue weighted by Gasteiger charge is -2.30. The number of nitrogens with zero attached hydrogens (tertiary/aromatic N) is 1. The zero-order valence-corrected chi connectivity index (χ0v) is 31.2. The van der Waals surface area contributed by atoms with Gasteiger partial charge in [0.25, 0.3) is 0 Å². The van der Waals surface area contributed by atoms with Crippen molar-refractivity contribution in [1.29, 1.82) is 0 Å². The number of hydrogen-bond donors (Lipinski definition) is 0. The van der Waals surface area contributed by atoms with Crippen molar-refractivity contribution in [2.75, 3.05) is 0 Å². The predicted octanol–water partition coefficient (Wildman–Crippen LogP) is 14.4. The summed E-state index contributed by atoms with van der Waals surface area (Å²) >= 11 is 0. The molecule has 9 aromatic carbocycles. The molecule has 0 radical (unpaired) electrons. The number of hydrogen-bond acceptors (Lipinski definition) is 1. The molecule has 2 aliphatic rings. The van der Waals surface area contributed by atoms with Crippen molar-refractivity contribution in [2.45, 2.75) is 5.41 Å². The lowest BCUT2D eigenvalue weighted by molar-refractivity contribution is 0.797. The second-order valence-corrected chi connectivity index (χ2v) is 15.4. The van der Waals surface area contributed by atoms with Crippen LogP contribution in [0.4, 0.5) is 0 Å². The summed E-state index contributed by atoms with van der Waals surface area (Å²) in [5.41, 5.74) is 19.0. The number of benzene rings is 9. The van der Waals surface area contributed by atoms with E-state index in [1.54, 1.807) is 0 Å². The number of fused-ring (bicyclic) bond motifs is 7. The molecule has 0 saturated heterocycles. The lowest BCUT2D eigenvalue weighted by atomic mass is 9.70. The van der Waals surface area contributed by atoms with Crippen LogP contribution in [0, 0.1) is 0 Å². The summed E-state index contributed by atoms with van der Waals surface area (Å²) in [6.45, 7) is 0. The summed E-state index contributed by atoms with van der Waals surface area (Å²) < 4.78 is 0. The zero-order chi connectivity index (χ0) is 37.5. The summed E-state index contributed by atoms with van der Waals surface area (Å²) in [6, 6.07) is 77.9. The molecule has 2 aliphatic carbocycles. The first-order valence-electron chi connectivity index (χ1n) is 19.8. The van der Waals surface area contributed by atoms with Gasteiger partial charge in [-0.15, -0.1) is 0 Å². The average Bonchev–Trinajstić information content (AvgIpc) is 3.77. The summed E-state index contributed by atoms with van der Waals surface area (Å²) in [5, 5.41) is 5.41. The van der Waals surface area contributed by atoms with Crippen LogP contribution >= 0.6 is 0 Å². The Morgan fingerprint density at radius 1 is 0.263 bits per heavy atom. The number of aromatic nitrogens is 1. The van der Waals surface area contributed by atoms with E-state index in [0.29, 0.717) is 0 Å². The maximum atomic E-state index is 5.22. The SMILES string of the molecule is c1ccc(-c2cc(-c3ccccc3)nc(-c3cccc(-c4cccc(-c5ccc6c(c5)-c5ccccc5C65c6cccc7ccc8cccc5c8c67)c4)c3)c2)cc1. The van der Waals surface area contributed by atoms with Gasteiger partial charge >= 0.3 is 0 Å². The van der Waals surface area contributed by atoms with Crippen molar-refractivity contribution in [2.24, 2.45) is 0 Å². The molecule has 0 bridgehead atoms. The summed E-state index contributed by atoms with van der Waals surface area (Å²) in [5.74, 6) is 0. The zero-order valence-electron chi connectivity index (χ0n) is 31.2. The van der Waals surface area contributed by atoms with Crippen molar-refractivity contribution in [3.63, 3.8) is 0 Å². The Morgan fingerprint density at radius 3 is 1.40 bits per heavy atom. The van der Waals surface area contributed by atoms with Gasteiger partial charge in [-0.25, -0.2) is 4.98 Å². The second-order valence-electron chi connectivity index (χ2n) is 15.4. The highest BCUT2D eigenvalue weighted by molar-refractivity contribution is 6.17. The van der Waals surface area contributed by atoms with E-state index < -0.39 is 0 Å². The quantitative estimate of drug-likeness (QED) is 0.161. The van der Waals surface area contributed by atoms with E-state index in [1.165, 1.54) is 77.2 Å². The molecule has 0 amide bonds. The third kappa shape index (κ3) is 4.73. The maximum Gasteiger partial charge on any atom is 0.0725 e. The molecule has 1 heteroatoms. The highest BCUT2D eigenvalue weighted by atomic mass is 14.7.